The van der Waals surface area contributed by atoms with Gasteiger partial charge in [0.2, 0.25) is 0 Å². The molecule has 1 aromatic carbocycles. The van der Waals surface area contributed by atoms with Crippen molar-refractivity contribution in [2.45, 2.75) is 52.1 Å². The Balaban J connectivity index is 1.49. The average molecular weight is 482 g/mol. The number of ether oxygens (including phenoxy) is 1. The third-order valence-electron chi connectivity index (χ3n) is 5.45. The first kappa shape index (κ1) is 26.2. The number of benzene rings is 1. The van der Waals surface area contributed by atoms with Crippen LogP contribution < -0.4 is 16.0 Å². The molecule has 9 heteroatoms. The highest BCUT2D eigenvalue weighted by atomic mass is 16.6. The number of unbranched alkanes of at least 4 members (excludes halogenated alkanes) is 1. The Morgan fingerprint density at radius 2 is 1.63 bits per heavy atom. The Labute approximate surface area is 206 Å². The molecule has 2 heterocycles. The lowest BCUT2D eigenvalue weighted by Crippen LogP contribution is -2.27. The van der Waals surface area contributed by atoms with Gasteiger partial charge in [0, 0.05) is 12.7 Å². The van der Waals surface area contributed by atoms with Crippen molar-refractivity contribution in [1.82, 2.24) is 15.2 Å². The summed E-state index contributed by atoms with van der Waals surface area (Å²) in [6.45, 7) is 9.36. The molecule has 3 N–H and O–H groups in total. The van der Waals surface area contributed by atoms with Crippen LogP contribution in [0.15, 0.2) is 42.6 Å². The van der Waals surface area contributed by atoms with Crippen molar-refractivity contribution >= 4 is 29.3 Å². The number of amides is 3. The van der Waals surface area contributed by atoms with E-state index in [1.807, 2.05) is 0 Å². The lowest BCUT2D eigenvalue weighted by Gasteiger charge is -2.20. The first-order chi connectivity index (χ1) is 16.7. The van der Waals surface area contributed by atoms with E-state index in [1.54, 1.807) is 51.1 Å². The standard InChI is InChI=1S/C26H35N5O4/c1-26(2,3)35-25(34)30-21-11-5-4-10-20(21)29-24(33)22-13-12-19(18-28-22)23(32)27-14-6-7-15-31-16-8-9-17-31/h4-5,10-13,18H,6-9,14-17H2,1-3H3,(H,27,32)(H,29,33)(H,30,34). The highest BCUT2D eigenvalue weighted by Gasteiger charge is 2.18. The molecule has 188 valence electrons. The van der Waals surface area contributed by atoms with Gasteiger partial charge in [0.1, 0.15) is 11.3 Å². The van der Waals surface area contributed by atoms with E-state index in [-0.39, 0.29) is 11.6 Å². The highest BCUT2D eigenvalue weighted by Crippen LogP contribution is 2.22. The summed E-state index contributed by atoms with van der Waals surface area (Å²) in [6, 6.07) is 9.87. The number of carbonyl (C=O) groups is 3. The third-order valence-corrected chi connectivity index (χ3v) is 5.45. The quantitative estimate of drug-likeness (QED) is 0.461. The Bertz CT molecular complexity index is 1010. The molecule has 35 heavy (non-hydrogen) atoms. The molecular weight excluding hydrogens is 446 g/mol. The van der Waals surface area contributed by atoms with Gasteiger partial charge in [0.15, 0.2) is 0 Å². The summed E-state index contributed by atoms with van der Waals surface area (Å²) in [4.78, 5) is 43.8. The van der Waals surface area contributed by atoms with Crippen LogP contribution in [0, 0.1) is 0 Å². The van der Waals surface area contributed by atoms with Crippen LogP contribution in [0.1, 0.15) is 67.3 Å². The number of hydrogen-bond donors (Lipinski definition) is 3. The minimum absolute atomic E-state index is 0.152. The van der Waals surface area contributed by atoms with E-state index < -0.39 is 17.6 Å². The van der Waals surface area contributed by atoms with Crippen molar-refractivity contribution in [2.75, 3.05) is 36.8 Å². The summed E-state index contributed by atoms with van der Waals surface area (Å²) in [5, 5.41) is 8.28. The number of rotatable bonds is 9. The minimum atomic E-state index is -0.645. The normalized spacial score (nSPS) is 13.8. The van der Waals surface area contributed by atoms with Crippen LogP contribution >= 0.6 is 0 Å². The van der Waals surface area contributed by atoms with E-state index in [0.717, 1.165) is 19.4 Å². The van der Waals surface area contributed by atoms with Crippen LogP contribution in [0.4, 0.5) is 16.2 Å². The second kappa shape index (κ2) is 12.3. The van der Waals surface area contributed by atoms with Gasteiger partial charge in [-0.2, -0.15) is 0 Å². The number of nitrogens with one attached hydrogen (secondary N) is 3. The Morgan fingerprint density at radius 1 is 0.943 bits per heavy atom. The molecule has 1 aromatic heterocycles. The molecule has 0 saturated carbocycles. The molecule has 1 aliphatic rings. The lowest BCUT2D eigenvalue weighted by molar-refractivity contribution is 0.0635. The maximum atomic E-state index is 12.7. The third kappa shape index (κ3) is 8.68. The molecule has 0 spiro atoms. The van der Waals surface area contributed by atoms with Crippen LogP contribution in [0.3, 0.4) is 0 Å². The predicted octanol–water partition coefficient (Wildman–Crippen LogP) is 4.29. The molecule has 1 fully saturated rings. The molecule has 0 bridgehead atoms. The summed E-state index contributed by atoms with van der Waals surface area (Å²) >= 11 is 0. The van der Waals surface area contributed by atoms with Gasteiger partial charge in [-0.3, -0.25) is 19.9 Å². The monoisotopic (exact) mass is 481 g/mol. The van der Waals surface area contributed by atoms with Crippen LogP contribution in [0.5, 0.6) is 0 Å². The number of anilines is 2. The Kier molecular flexibility index (Phi) is 9.19. The van der Waals surface area contributed by atoms with Crippen LogP contribution in [0.25, 0.3) is 0 Å². The Morgan fingerprint density at radius 3 is 2.26 bits per heavy atom. The molecule has 0 aliphatic carbocycles. The van der Waals surface area contributed by atoms with E-state index in [4.69, 9.17) is 4.74 Å². The van der Waals surface area contributed by atoms with Crippen LogP contribution in [-0.2, 0) is 4.74 Å². The van der Waals surface area contributed by atoms with E-state index in [1.165, 1.54) is 38.2 Å². The largest absolute Gasteiger partial charge is 0.444 e. The van der Waals surface area contributed by atoms with Crippen molar-refractivity contribution in [3.05, 3.63) is 53.9 Å². The molecule has 0 unspecified atom stereocenters. The molecular formula is C26H35N5O4. The SMILES string of the molecule is CC(C)(C)OC(=O)Nc1ccccc1NC(=O)c1ccc(C(=O)NCCCCN2CCCC2)cn1. The average Bonchev–Trinajstić information content (AvgIpc) is 3.32. The second-order valence-electron chi connectivity index (χ2n) is 9.57. The summed E-state index contributed by atoms with van der Waals surface area (Å²) in [7, 11) is 0. The lowest BCUT2D eigenvalue weighted by atomic mass is 10.2. The van der Waals surface area contributed by atoms with Crippen LogP contribution in [-0.4, -0.2) is 59.6 Å². The zero-order valence-corrected chi connectivity index (χ0v) is 20.7. The fraction of sp³-hybridized carbons (Fsp3) is 0.462. The second-order valence-corrected chi connectivity index (χ2v) is 9.57. The summed E-state index contributed by atoms with van der Waals surface area (Å²) < 4.78 is 5.27. The number of carbonyl (C=O) groups excluding carboxylic acids is 3. The molecule has 0 radical (unpaired) electrons. The molecule has 0 atom stereocenters. The van der Waals surface area contributed by atoms with Gasteiger partial charge in [-0.15, -0.1) is 0 Å². The predicted molar refractivity (Wildman–Crippen MR) is 136 cm³/mol. The van der Waals surface area contributed by atoms with Crippen molar-refractivity contribution in [3.63, 3.8) is 0 Å². The van der Waals surface area contributed by atoms with E-state index >= 15 is 0 Å². The Hall–Kier alpha value is -3.46. The number of likely N-dealkylation sites (tertiary alicyclic amines) is 1. The summed E-state index contributed by atoms with van der Waals surface area (Å²) in [5.41, 5.74) is 0.706. The van der Waals surface area contributed by atoms with Crippen molar-refractivity contribution in [1.29, 1.82) is 0 Å². The van der Waals surface area contributed by atoms with Crippen molar-refractivity contribution in [3.8, 4) is 0 Å². The molecule has 1 aliphatic heterocycles. The van der Waals surface area contributed by atoms with E-state index in [0.29, 0.717) is 23.5 Å². The fourth-order valence-corrected chi connectivity index (χ4v) is 3.73. The molecule has 9 nitrogen and oxygen atoms in total. The van der Waals surface area contributed by atoms with Crippen molar-refractivity contribution in [2.24, 2.45) is 0 Å². The molecule has 3 amide bonds. The fourth-order valence-electron chi connectivity index (χ4n) is 3.73. The van der Waals surface area contributed by atoms with Gasteiger partial charge in [-0.1, -0.05) is 12.1 Å². The first-order valence-corrected chi connectivity index (χ1v) is 12.1. The highest BCUT2D eigenvalue weighted by molar-refractivity contribution is 6.06. The van der Waals surface area contributed by atoms with Gasteiger partial charge < -0.3 is 20.3 Å². The number of hydrogen-bond acceptors (Lipinski definition) is 6. The van der Waals surface area contributed by atoms with Gasteiger partial charge in [-0.05, 0) is 90.4 Å². The first-order valence-electron chi connectivity index (χ1n) is 12.1. The zero-order valence-electron chi connectivity index (χ0n) is 20.7. The van der Waals surface area contributed by atoms with Crippen LogP contribution in [0.2, 0.25) is 0 Å². The number of nitrogens with zero attached hydrogens (tertiary/aromatic N) is 2. The number of para-hydroxylation sites is 2. The molecule has 3 rings (SSSR count). The van der Waals surface area contributed by atoms with Gasteiger partial charge in [0.05, 0.1) is 16.9 Å². The van der Waals surface area contributed by atoms with Gasteiger partial charge >= 0.3 is 6.09 Å². The van der Waals surface area contributed by atoms with Crippen molar-refractivity contribution < 1.29 is 19.1 Å². The smallest absolute Gasteiger partial charge is 0.412 e. The van der Waals surface area contributed by atoms with E-state index in [2.05, 4.69) is 25.8 Å². The maximum Gasteiger partial charge on any atom is 0.412 e. The molecule has 1 saturated heterocycles. The zero-order chi connectivity index (χ0) is 25.3. The topological polar surface area (TPSA) is 113 Å². The maximum absolute atomic E-state index is 12.7. The summed E-state index contributed by atoms with van der Waals surface area (Å²) in [6.07, 6.45) is 5.32. The van der Waals surface area contributed by atoms with Gasteiger partial charge in [0.25, 0.3) is 11.8 Å². The van der Waals surface area contributed by atoms with Gasteiger partial charge in [-0.25, -0.2) is 4.79 Å². The number of aromatic nitrogens is 1. The van der Waals surface area contributed by atoms with E-state index in [9.17, 15) is 14.4 Å². The summed E-state index contributed by atoms with van der Waals surface area (Å²) in [5.74, 6) is -0.671. The minimum Gasteiger partial charge on any atom is -0.444 e. The molecule has 2 aromatic rings. The number of pyridine rings is 1.